The maximum absolute atomic E-state index is 13.7. The first-order valence-corrected chi connectivity index (χ1v) is 8.28. The lowest BCUT2D eigenvalue weighted by Gasteiger charge is -2.21. The van der Waals surface area contributed by atoms with Gasteiger partial charge in [-0.3, -0.25) is 9.59 Å². The average Bonchev–Trinajstić information content (AvgIpc) is 3.05. The van der Waals surface area contributed by atoms with Gasteiger partial charge in [-0.2, -0.15) is 0 Å². The van der Waals surface area contributed by atoms with Crippen LogP contribution >= 0.6 is 0 Å². The van der Waals surface area contributed by atoms with Crippen molar-refractivity contribution in [3.8, 4) is 0 Å². The molecule has 2 aromatic rings. The van der Waals surface area contributed by atoms with Gasteiger partial charge in [0.15, 0.2) is 0 Å². The third-order valence-electron chi connectivity index (χ3n) is 3.82. The Bertz CT molecular complexity index is 742. The molecule has 1 atom stereocenters. The molecule has 0 saturated carbocycles. The standard InChI is InChI=1S/C18H23FN4O2/c1-4-15-20-9-12(22-15)10-21-18(25)16(11(2)3)23-17(24)13-7-5-6-8-14(13)19/h5-9,11,16H,4,10H2,1-3H3,(H,20,22)(H,21,25)(H,23,24)/t16-/m1/s1. The predicted molar refractivity (Wildman–Crippen MR) is 92.3 cm³/mol. The summed E-state index contributed by atoms with van der Waals surface area (Å²) >= 11 is 0. The third kappa shape index (κ3) is 4.89. The lowest BCUT2D eigenvalue weighted by molar-refractivity contribution is -0.124. The molecular formula is C18H23FN4O2. The minimum atomic E-state index is -0.763. The highest BCUT2D eigenvalue weighted by Gasteiger charge is 2.25. The van der Waals surface area contributed by atoms with Gasteiger partial charge in [0.05, 0.1) is 24.0 Å². The van der Waals surface area contributed by atoms with E-state index in [9.17, 15) is 14.0 Å². The van der Waals surface area contributed by atoms with Crippen molar-refractivity contribution in [2.24, 2.45) is 5.92 Å². The van der Waals surface area contributed by atoms with Crippen LogP contribution in [0.25, 0.3) is 0 Å². The highest BCUT2D eigenvalue weighted by atomic mass is 19.1. The van der Waals surface area contributed by atoms with Crippen molar-refractivity contribution in [1.29, 1.82) is 0 Å². The second-order valence-corrected chi connectivity index (χ2v) is 6.10. The first-order chi connectivity index (χ1) is 11.9. The molecule has 0 radical (unpaired) electrons. The number of benzene rings is 1. The second-order valence-electron chi connectivity index (χ2n) is 6.10. The minimum absolute atomic E-state index is 0.0814. The first kappa shape index (κ1) is 18.6. The van der Waals surface area contributed by atoms with E-state index in [1.807, 2.05) is 20.8 Å². The molecule has 0 aliphatic heterocycles. The van der Waals surface area contributed by atoms with Crippen LogP contribution in [0.2, 0.25) is 0 Å². The summed E-state index contributed by atoms with van der Waals surface area (Å²) in [5.41, 5.74) is 0.704. The molecule has 0 spiro atoms. The van der Waals surface area contributed by atoms with Crippen molar-refractivity contribution in [2.45, 2.75) is 39.8 Å². The molecule has 0 unspecified atom stereocenters. The van der Waals surface area contributed by atoms with Gasteiger partial charge < -0.3 is 15.6 Å². The highest BCUT2D eigenvalue weighted by molar-refractivity contribution is 5.97. The maximum Gasteiger partial charge on any atom is 0.254 e. The molecule has 0 aliphatic carbocycles. The Kier molecular flexibility index (Phi) is 6.27. The summed E-state index contributed by atoms with van der Waals surface area (Å²) < 4.78 is 13.7. The number of H-pyrrole nitrogens is 1. The van der Waals surface area contributed by atoms with E-state index in [4.69, 9.17) is 0 Å². The summed E-state index contributed by atoms with van der Waals surface area (Å²) in [5.74, 6) is -0.859. The van der Waals surface area contributed by atoms with E-state index in [0.29, 0.717) is 0 Å². The van der Waals surface area contributed by atoms with Crippen molar-refractivity contribution >= 4 is 11.8 Å². The molecular weight excluding hydrogens is 323 g/mol. The van der Waals surface area contributed by atoms with E-state index in [0.717, 1.165) is 17.9 Å². The maximum atomic E-state index is 13.7. The summed E-state index contributed by atoms with van der Waals surface area (Å²) in [4.78, 5) is 32.0. The van der Waals surface area contributed by atoms with Crippen LogP contribution in [0.1, 0.15) is 42.6 Å². The zero-order valence-corrected chi connectivity index (χ0v) is 14.6. The van der Waals surface area contributed by atoms with Gasteiger partial charge in [0.25, 0.3) is 5.91 Å². The SMILES string of the molecule is CCc1ncc(CNC(=O)[C@H](NC(=O)c2ccccc2F)C(C)C)[nH]1. The van der Waals surface area contributed by atoms with Gasteiger partial charge in [-0.25, -0.2) is 9.37 Å². The smallest absolute Gasteiger partial charge is 0.254 e. The molecule has 0 aliphatic rings. The van der Waals surface area contributed by atoms with Crippen molar-refractivity contribution in [2.75, 3.05) is 0 Å². The number of imidazole rings is 1. The predicted octanol–water partition coefficient (Wildman–Crippen LogP) is 2.18. The zero-order valence-electron chi connectivity index (χ0n) is 14.6. The number of hydrogen-bond acceptors (Lipinski definition) is 3. The van der Waals surface area contributed by atoms with E-state index >= 15 is 0 Å². The van der Waals surface area contributed by atoms with Crippen molar-refractivity contribution in [1.82, 2.24) is 20.6 Å². The minimum Gasteiger partial charge on any atom is -0.349 e. The Morgan fingerprint density at radius 2 is 2.00 bits per heavy atom. The summed E-state index contributed by atoms with van der Waals surface area (Å²) in [6.45, 7) is 5.90. The number of aryl methyl sites for hydroxylation is 1. The zero-order chi connectivity index (χ0) is 18.4. The number of nitrogens with zero attached hydrogens (tertiary/aromatic N) is 1. The van der Waals surface area contributed by atoms with Gasteiger partial charge in [0.1, 0.15) is 17.7 Å². The van der Waals surface area contributed by atoms with Gasteiger partial charge >= 0.3 is 0 Å². The lowest BCUT2D eigenvalue weighted by Crippen LogP contribution is -2.49. The summed E-state index contributed by atoms with van der Waals surface area (Å²) in [7, 11) is 0. The molecule has 2 amide bonds. The number of carbonyl (C=O) groups excluding carboxylic acids is 2. The normalized spacial score (nSPS) is 12.0. The summed E-state index contributed by atoms with van der Waals surface area (Å²) in [6.07, 6.45) is 2.45. The molecule has 1 aromatic carbocycles. The number of halogens is 1. The number of nitrogens with one attached hydrogen (secondary N) is 3. The molecule has 134 valence electrons. The van der Waals surface area contributed by atoms with Crippen LogP contribution in [0.15, 0.2) is 30.5 Å². The fourth-order valence-electron chi connectivity index (χ4n) is 2.37. The number of carbonyl (C=O) groups is 2. The largest absolute Gasteiger partial charge is 0.349 e. The van der Waals surface area contributed by atoms with Gasteiger partial charge in [0, 0.05) is 6.42 Å². The summed E-state index contributed by atoms with van der Waals surface area (Å²) in [5, 5.41) is 5.38. The third-order valence-corrected chi connectivity index (χ3v) is 3.82. The number of amides is 2. The van der Waals surface area contributed by atoms with Crippen molar-refractivity contribution in [3.63, 3.8) is 0 Å². The van der Waals surface area contributed by atoms with Crippen molar-refractivity contribution in [3.05, 3.63) is 53.4 Å². The fraction of sp³-hybridized carbons (Fsp3) is 0.389. The molecule has 3 N–H and O–H groups in total. The number of rotatable bonds is 7. The summed E-state index contributed by atoms with van der Waals surface area (Å²) in [6, 6.07) is 4.92. The lowest BCUT2D eigenvalue weighted by atomic mass is 10.0. The number of aromatic amines is 1. The van der Waals surface area contributed by atoms with Gasteiger partial charge in [-0.15, -0.1) is 0 Å². The fourth-order valence-corrected chi connectivity index (χ4v) is 2.37. The molecule has 7 heteroatoms. The number of aromatic nitrogens is 2. The van der Waals surface area contributed by atoms with Crippen LogP contribution in [-0.4, -0.2) is 27.8 Å². The van der Waals surface area contributed by atoms with Crippen LogP contribution in [0.4, 0.5) is 4.39 Å². The Balaban J connectivity index is 2.00. The van der Waals surface area contributed by atoms with Crippen molar-refractivity contribution < 1.29 is 14.0 Å². The van der Waals surface area contributed by atoms with E-state index in [2.05, 4.69) is 20.6 Å². The van der Waals surface area contributed by atoms with E-state index < -0.39 is 17.8 Å². The molecule has 1 heterocycles. The Morgan fingerprint density at radius 1 is 1.28 bits per heavy atom. The van der Waals surface area contributed by atoms with Crippen LogP contribution in [0, 0.1) is 11.7 Å². The molecule has 6 nitrogen and oxygen atoms in total. The average molecular weight is 346 g/mol. The van der Waals surface area contributed by atoms with Crippen LogP contribution in [0.3, 0.4) is 0 Å². The van der Waals surface area contributed by atoms with Gasteiger partial charge in [-0.1, -0.05) is 32.9 Å². The first-order valence-electron chi connectivity index (χ1n) is 8.28. The van der Waals surface area contributed by atoms with E-state index in [1.165, 1.54) is 18.2 Å². The topological polar surface area (TPSA) is 86.9 Å². The quantitative estimate of drug-likeness (QED) is 0.718. The molecule has 0 saturated heterocycles. The molecule has 0 fully saturated rings. The highest BCUT2D eigenvalue weighted by Crippen LogP contribution is 2.09. The van der Waals surface area contributed by atoms with E-state index in [-0.39, 0.29) is 23.9 Å². The molecule has 1 aromatic heterocycles. The molecule has 25 heavy (non-hydrogen) atoms. The van der Waals surface area contributed by atoms with E-state index in [1.54, 1.807) is 12.3 Å². The molecule has 2 rings (SSSR count). The number of hydrogen-bond donors (Lipinski definition) is 3. The monoisotopic (exact) mass is 346 g/mol. The Labute approximate surface area is 146 Å². The second kappa shape index (κ2) is 8.41. The Morgan fingerprint density at radius 3 is 2.60 bits per heavy atom. The van der Waals surface area contributed by atoms with Crippen LogP contribution in [0.5, 0.6) is 0 Å². The molecule has 0 bridgehead atoms. The van der Waals surface area contributed by atoms with Gasteiger partial charge in [0.2, 0.25) is 5.91 Å². The van der Waals surface area contributed by atoms with Crippen LogP contribution < -0.4 is 10.6 Å². The van der Waals surface area contributed by atoms with Gasteiger partial charge in [-0.05, 0) is 18.1 Å². The Hall–Kier alpha value is -2.70. The van der Waals surface area contributed by atoms with Crippen LogP contribution in [-0.2, 0) is 17.8 Å².